The van der Waals surface area contributed by atoms with Gasteiger partial charge in [0.05, 0.1) is 6.07 Å². The molecule has 0 radical (unpaired) electrons. The molecule has 0 aliphatic heterocycles. The molecule has 0 heterocycles. The van der Waals surface area contributed by atoms with Crippen molar-refractivity contribution in [2.24, 2.45) is 0 Å². The fourth-order valence-electron chi connectivity index (χ4n) is 1.36. The van der Waals surface area contributed by atoms with Gasteiger partial charge in [-0.25, -0.2) is 4.39 Å². The van der Waals surface area contributed by atoms with E-state index in [1.54, 1.807) is 33.0 Å². The van der Waals surface area contributed by atoms with Gasteiger partial charge in [-0.05, 0) is 32.0 Å². The molecule has 0 saturated carbocycles. The van der Waals surface area contributed by atoms with E-state index >= 15 is 0 Å². The van der Waals surface area contributed by atoms with Crippen molar-refractivity contribution >= 4 is 11.4 Å². The quantitative estimate of drug-likeness (QED) is 0.840. The fraction of sp³-hybridized carbons (Fsp3) is 0.308. The molecule has 0 unspecified atom stereocenters. The van der Waals surface area contributed by atoms with E-state index < -0.39 is 5.54 Å². The van der Waals surface area contributed by atoms with E-state index in [0.717, 1.165) is 0 Å². The van der Waals surface area contributed by atoms with E-state index in [1.807, 2.05) is 0 Å². The third-order valence-electron chi connectivity index (χ3n) is 2.33. The minimum Gasteiger partial charge on any atom is -0.388 e. The second-order valence-corrected chi connectivity index (χ2v) is 4.28. The predicted octanol–water partition coefficient (Wildman–Crippen LogP) is 2.73. The van der Waals surface area contributed by atoms with Crippen LogP contribution >= 0.6 is 0 Å². The van der Waals surface area contributed by atoms with Crippen LogP contribution in [0.15, 0.2) is 24.8 Å². The Morgan fingerprint density at radius 2 is 2.12 bits per heavy atom. The van der Waals surface area contributed by atoms with E-state index in [0.29, 0.717) is 16.9 Å². The molecule has 0 aromatic heterocycles. The summed E-state index contributed by atoms with van der Waals surface area (Å²) in [7, 11) is 1.69. The van der Waals surface area contributed by atoms with Crippen LogP contribution < -0.4 is 10.6 Å². The number of halogens is 1. The predicted molar refractivity (Wildman–Crippen MR) is 67.8 cm³/mol. The molecule has 0 saturated heterocycles. The van der Waals surface area contributed by atoms with Crippen LogP contribution in [0.2, 0.25) is 0 Å². The first-order valence-electron chi connectivity index (χ1n) is 5.25. The molecular formula is C13H16FN3. The first kappa shape index (κ1) is 13.0. The van der Waals surface area contributed by atoms with Crippen molar-refractivity contribution in [2.45, 2.75) is 19.4 Å². The molecule has 1 rings (SSSR count). The number of nitrogens with one attached hydrogen (secondary N) is 2. The van der Waals surface area contributed by atoms with Gasteiger partial charge in [0, 0.05) is 24.0 Å². The summed E-state index contributed by atoms with van der Waals surface area (Å²) in [6.45, 7) is 7.16. The fourth-order valence-corrected chi connectivity index (χ4v) is 1.36. The lowest BCUT2D eigenvalue weighted by atomic mass is 10.1. The summed E-state index contributed by atoms with van der Waals surface area (Å²) >= 11 is 0. The number of anilines is 1. The summed E-state index contributed by atoms with van der Waals surface area (Å²) in [4.78, 5) is 0. The van der Waals surface area contributed by atoms with Gasteiger partial charge in [-0.1, -0.05) is 6.58 Å². The molecule has 17 heavy (non-hydrogen) atoms. The summed E-state index contributed by atoms with van der Waals surface area (Å²) < 4.78 is 13.7. The van der Waals surface area contributed by atoms with Crippen LogP contribution in [-0.2, 0) is 0 Å². The molecule has 0 spiro atoms. The van der Waals surface area contributed by atoms with Gasteiger partial charge in [0.25, 0.3) is 0 Å². The Bertz CT molecular complexity index is 472. The number of benzene rings is 1. The molecule has 90 valence electrons. The van der Waals surface area contributed by atoms with Gasteiger partial charge in [0.15, 0.2) is 0 Å². The normalized spacial score (nSPS) is 10.5. The number of hydrogen-bond acceptors (Lipinski definition) is 3. The first-order valence-corrected chi connectivity index (χ1v) is 5.25. The Kier molecular flexibility index (Phi) is 3.74. The average Bonchev–Trinajstić information content (AvgIpc) is 2.28. The number of hydrogen-bond donors (Lipinski definition) is 2. The van der Waals surface area contributed by atoms with Gasteiger partial charge >= 0.3 is 0 Å². The summed E-state index contributed by atoms with van der Waals surface area (Å²) in [5.74, 6) is -0.372. The van der Waals surface area contributed by atoms with Crippen molar-refractivity contribution in [3.05, 3.63) is 36.2 Å². The van der Waals surface area contributed by atoms with Crippen molar-refractivity contribution in [3.8, 4) is 6.07 Å². The highest BCUT2D eigenvalue weighted by Gasteiger charge is 2.16. The second kappa shape index (κ2) is 4.88. The third-order valence-corrected chi connectivity index (χ3v) is 2.33. The van der Waals surface area contributed by atoms with Crippen molar-refractivity contribution in [3.63, 3.8) is 0 Å². The minimum atomic E-state index is -0.728. The van der Waals surface area contributed by atoms with Crippen LogP contribution in [0.4, 0.5) is 10.1 Å². The molecule has 2 N–H and O–H groups in total. The Morgan fingerprint density at radius 1 is 1.47 bits per heavy atom. The maximum atomic E-state index is 13.7. The highest BCUT2D eigenvalue weighted by molar-refractivity contribution is 5.64. The lowest BCUT2D eigenvalue weighted by molar-refractivity contribution is 0.622. The monoisotopic (exact) mass is 233 g/mol. The van der Waals surface area contributed by atoms with Crippen LogP contribution in [0.1, 0.15) is 19.4 Å². The van der Waals surface area contributed by atoms with Gasteiger partial charge in [-0.15, -0.1) is 0 Å². The first-order chi connectivity index (χ1) is 7.89. The van der Waals surface area contributed by atoms with Gasteiger partial charge in [0.1, 0.15) is 11.4 Å². The van der Waals surface area contributed by atoms with E-state index in [2.05, 4.69) is 23.3 Å². The van der Waals surface area contributed by atoms with Crippen molar-refractivity contribution in [2.75, 3.05) is 12.4 Å². The van der Waals surface area contributed by atoms with Gasteiger partial charge < -0.3 is 10.6 Å². The van der Waals surface area contributed by atoms with Crippen LogP contribution in [-0.4, -0.2) is 12.6 Å². The molecule has 0 fully saturated rings. The van der Waals surface area contributed by atoms with E-state index in [4.69, 9.17) is 5.26 Å². The van der Waals surface area contributed by atoms with Crippen LogP contribution in [0.5, 0.6) is 0 Å². The van der Waals surface area contributed by atoms with Crippen molar-refractivity contribution in [1.29, 1.82) is 5.26 Å². The van der Waals surface area contributed by atoms with Crippen LogP contribution in [0.25, 0.3) is 5.70 Å². The minimum absolute atomic E-state index is 0.372. The van der Waals surface area contributed by atoms with Gasteiger partial charge in [0.2, 0.25) is 0 Å². The molecule has 3 nitrogen and oxygen atoms in total. The number of rotatable bonds is 4. The zero-order chi connectivity index (χ0) is 13.1. The largest absolute Gasteiger partial charge is 0.388 e. The lowest BCUT2D eigenvalue weighted by Crippen LogP contribution is -2.28. The SMILES string of the molecule is C=C(NC)c1ccc(NC(C)(C)C#N)cc1F. The summed E-state index contributed by atoms with van der Waals surface area (Å²) in [5, 5.41) is 14.6. The number of nitrogens with zero attached hydrogens (tertiary/aromatic N) is 1. The summed E-state index contributed by atoms with van der Waals surface area (Å²) in [6, 6.07) is 6.80. The molecule has 1 aromatic carbocycles. The molecule has 0 atom stereocenters. The zero-order valence-electron chi connectivity index (χ0n) is 10.3. The maximum absolute atomic E-state index is 13.7. The van der Waals surface area contributed by atoms with E-state index in [1.165, 1.54) is 6.07 Å². The Morgan fingerprint density at radius 3 is 2.59 bits per heavy atom. The smallest absolute Gasteiger partial charge is 0.134 e. The highest BCUT2D eigenvalue weighted by Crippen LogP contribution is 2.21. The Labute approximate surface area is 101 Å². The third kappa shape index (κ3) is 3.22. The molecule has 1 aromatic rings. The van der Waals surface area contributed by atoms with E-state index in [9.17, 15) is 4.39 Å². The Hall–Kier alpha value is -2.02. The summed E-state index contributed by atoms with van der Waals surface area (Å²) in [6.07, 6.45) is 0. The van der Waals surface area contributed by atoms with Crippen molar-refractivity contribution < 1.29 is 4.39 Å². The standard InChI is InChI=1S/C13H16FN3/c1-9(16-4)11-6-5-10(7-12(11)14)17-13(2,3)8-15/h5-7,16-17H,1H2,2-4H3. The van der Waals surface area contributed by atoms with Crippen LogP contribution in [0, 0.1) is 17.1 Å². The zero-order valence-corrected chi connectivity index (χ0v) is 10.3. The van der Waals surface area contributed by atoms with Crippen LogP contribution in [0.3, 0.4) is 0 Å². The molecule has 0 aliphatic carbocycles. The highest BCUT2D eigenvalue weighted by atomic mass is 19.1. The molecule has 0 bridgehead atoms. The molecule has 4 heteroatoms. The van der Waals surface area contributed by atoms with E-state index in [-0.39, 0.29) is 5.82 Å². The lowest BCUT2D eigenvalue weighted by Gasteiger charge is -2.19. The average molecular weight is 233 g/mol. The maximum Gasteiger partial charge on any atom is 0.134 e. The topological polar surface area (TPSA) is 47.8 Å². The van der Waals surface area contributed by atoms with Gasteiger partial charge in [-0.2, -0.15) is 5.26 Å². The molecular weight excluding hydrogens is 217 g/mol. The summed E-state index contributed by atoms with van der Waals surface area (Å²) in [5.41, 5.74) is 0.789. The van der Waals surface area contributed by atoms with Crippen molar-refractivity contribution in [1.82, 2.24) is 5.32 Å². The molecule has 0 aliphatic rings. The molecule has 0 amide bonds. The number of nitriles is 1. The second-order valence-electron chi connectivity index (χ2n) is 4.28. The van der Waals surface area contributed by atoms with Gasteiger partial charge in [-0.3, -0.25) is 0 Å². The Balaban J connectivity index is 2.98.